The highest BCUT2D eigenvalue weighted by molar-refractivity contribution is 4.77. The summed E-state index contributed by atoms with van der Waals surface area (Å²) in [4.78, 5) is 0. The number of hydrogen-bond acceptors (Lipinski definition) is 2. The SMILES string of the molecule is CCC(C)CNC1CCCC(O)C1. The predicted octanol–water partition coefficient (Wildman–Crippen LogP) is 1.93. The summed E-state index contributed by atoms with van der Waals surface area (Å²) < 4.78 is 0. The zero-order chi connectivity index (χ0) is 9.68. The molecule has 0 aromatic rings. The molecule has 0 spiro atoms. The van der Waals surface area contributed by atoms with Gasteiger partial charge in [-0.3, -0.25) is 0 Å². The van der Waals surface area contributed by atoms with Crippen molar-refractivity contribution < 1.29 is 5.11 Å². The minimum absolute atomic E-state index is 0.0526. The standard InChI is InChI=1S/C11H23NO/c1-3-9(2)8-12-10-5-4-6-11(13)7-10/h9-13H,3-8H2,1-2H3. The Hall–Kier alpha value is -0.0800. The van der Waals surface area contributed by atoms with Gasteiger partial charge in [0.2, 0.25) is 0 Å². The maximum Gasteiger partial charge on any atom is 0.0555 e. The van der Waals surface area contributed by atoms with Crippen LogP contribution in [0.3, 0.4) is 0 Å². The lowest BCUT2D eigenvalue weighted by molar-refractivity contribution is 0.111. The van der Waals surface area contributed by atoms with Crippen LogP contribution in [0.5, 0.6) is 0 Å². The van der Waals surface area contributed by atoms with Gasteiger partial charge in [0.25, 0.3) is 0 Å². The Balaban J connectivity index is 2.13. The van der Waals surface area contributed by atoms with Gasteiger partial charge in [0, 0.05) is 6.04 Å². The van der Waals surface area contributed by atoms with E-state index in [4.69, 9.17) is 0 Å². The molecule has 0 aromatic heterocycles. The average molecular weight is 185 g/mol. The van der Waals surface area contributed by atoms with Gasteiger partial charge in [0.15, 0.2) is 0 Å². The third-order valence-corrected chi connectivity index (χ3v) is 3.10. The van der Waals surface area contributed by atoms with E-state index >= 15 is 0 Å². The van der Waals surface area contributed by atoms with E-state index in [1.807, 2.05) is 0 Å². The van der Waals surface area contributed by atoms with Gasteiger partial charge in [-0.2, -0.15) is 0 Å². The largest absolute Gasteiger partial charge is 0.393 e. The maximum absolute atomic E-state index is 9.46. The van der Waals surface area contributed by atoms with E-state index in [9.17, 15) is 5.11 Å². The van der Waals surface area contributed by atoms with Gasteiger partial charge in [-0.25, -0.2) is 0 Å². The summed E-state index contributed by atoms with van der Waals surface area (Å²) >= 11 is 0. The molecule has 2 nitrogen and oxygen atoms in total. The Labute approximate surface area is 81.7 Å². The van der Waals surface area contributed by atoms with Gasteiger partial charge in [0.05, 0.1) is 6.10 Å². The summed E-state index contributed by atoms with van der Waals surface area (Å²) in [5.41, 5.74) is 0. The van der Waals surface area contributed by atoms with Crippen molar-refractivity contribution >= 4 is 0 Å². The van der Waals surface area contributed by atoms with Gasteiger partial charge < -0.3 is 10.4 Å². The molecular formula is C11H23NO. The van der Waals surface area contributed by atoms with Crippen LogP contribution in [0.2, 0.25) is 0 Å². The maximum atomic E-state index is 9.46. The first-order chi connectivity index (χ1) is 6.22. The Kier molecular flexibility index (Phi) is 4.74. The van der Waals surface area contributed by atoms with Crippen molar-refractivity contribution in [3.05, 3.63) is 0 Å². The summed E-state index contributed by atoms with van der Waals surface area (Å²) in [6.45, 7) is 5.60. The monoisotopic (exact) mass is 185 g/mol. The lowest BCUT2D eigenvalue weighted by Gasteiger charge is -2.27. The molecule has 2 N–H and O–H groups in total. The summed E-state index contributed by atoms with van der Waals surface area (Å²) in [7, 11) is 0. The van der Waals surface area contributed by atoms with Gasteiger partial charge >= 0.3 is 0 Å². The highest BCUT2D eigenvalue weighted by Gasteiger charge is 2.19. The van der Waals surface area contributed by atoms with Crippen molar-refractivity contribution in [1.29, 1.82) is 0 Å². The summed E-state index contributed by atoms with van der Waals surface area (Å²) in [5, 5.41) is 13.0. The van der Waals surface area contributed by atoms with E-state index in [2.05, 4.69) is 19.2 Å². The molecule has 78 valence electrons. The number of aliphatic hydroxyl groups excluding tert-OH is 1. The van der Waals surface area contributed by atoms with Crippen LogP contribution in [0.4, 0.5) is 0 Å². The normalized spacial score (nSPS) is 31.6. The first-order valence-corrected chi connectivity index (χ1v) is 5.63. The first kappa shape index (κ1) is 11.0. The molecular weight excluding hydrogens is 162 g/mol. The molecule has 0 heterocycles. The number of aliphatic hydroxyl groups is 1. The Morgan fingerprint density at radius 3 is 2.85 bits per heavy atom. The minimum Gasteiger partial charge on any atom is -0.393 e. The van der Waals surface area contributed by atoms with Crippen LogP contribution in [0.15, 0.2) is 0 Å². The van der Waals surface area contributed by atoms with Crippen molar-refractivity contribution in [2.45, 2.75) is 58.1 Å². The fourth-order valence-corrected chi connectivity index (χ4v) is 1.86. The van der Waals surface area contributed by atoms with Crippen molar-refractivity contribution in [2.75, 3.05) is 6.54 Å². The molecule has 0 bridgehead atoms. The van der Waals surface area contributed by atoms with E-state index in [0.717, 1.165) is 25.3 Å². The fourth-order valence-electron chi connectivity index (χ4n) is 1.86. The van der Waals surface area contributed by atoms with E-state index in [1.165, 1.54) is 19.3 Å². The topological polar surface area (TPSA) is 32.3 Å². The lowest BCUT2D eigenvalue weighted by atomic mass is 9.92. The zero-order valence-corrected chi connectivity index (χ0v) is 8.92. The van der Waals surface area contributed by atoms with Crippen LogP contribution in [-0.2, 0) is 0 Å². The van der Waals surface area contributed by atoms with Crippen LogP contribution in [0.25, 0.3) is 0 Å². The first-order valence-electron chi connectivity index (χ1n) is 5.63. The van der Waals surface area contributed by atoms with E-state index in [1.54, 1.807) is 0 Å². The number of hydrogen-bond donors (Lipinski definition) is 2. The second-order valence-corrected chi connectivity index (χ2v) is 4.44. The Morgan fingerprint density at radius 1 is 1.46 bits per heavy atom. The van der Waals surface area contributed by atoms with Gasteiger partial charge in [-0.15, -0.1) is 0 Å². The Morgan fingerprint density at radius 2 is 2.23 bits per heavy atom. The lowest BCUT2D eigenvalue weighted by Crippen LogP contribution is -2.38. The van der Waals surface area contributed by atoms with Crippen molar-refractivity contribution in [1.82, 2.24) is 5.32 Å². The van der Waals surface area contributed by atoms with E-state index < -0.39 is 0 Å². The third kappa shape index (κ3) is 4.10. The number of rotatable bonds is 4. The van der Waals surface area contributed by atoms with Gasteiger partial charge in [0.1, 0.15) is 0 Å². The second-order valence-electron chi connectivity index (χ2n) is 4.44. The van der Waals surface area contributed by atoms with Crippen LogP contribution in [-0.4, -0.2) is 23.8 Å². The van der Waals surface area contributed by atoms with Crippen molar-refractivity contribution in [3.63, 3.8) is 0 Å². The molecule has 0 aliphatic heterocycles. The second kappa shape index (κ2) is 5.61. The molecule has 1 saturated carbocycles. The summed E-state index contributed by atoms with van der Waals surface area (Å²) in [6, 6.07) is 0.567. The summed E-state index contributed by atoms with van der Waals surface area (Å²) in [5.74, 6) is 0.763. The third-order valence-electron chi connectivity index (χ3n) is 3.10. The molecule has 3 unspecified atom stereocenters. The predicted molar refractivity (Wildman–Crippen MR) is 55.7 cm³/mol. The van der Waals surface area contributed by atoms with Crippen LogP contribution in [0.1, 0.15) is 46.0 Å². The van der Waals surface area contributed by atoms with Gasteiger partial charge in [-0.05, 0) is 38.1 Å². The highest BCUT2D eigenvalue weighted by atomic mass is 16.3. The molecule has 0 aromatic carbocycles. The molecule has 1 aliphatic rings. The molecule has 2 heteroatoms. The molecule has 1 fully saturated rings. The molecule has 0 amide bonds. The Bertz CT molecular complexity index is 138. The quantitative estimate of drug-likeness (QED) is 0.701. The minimum atomic E-state index is -0.0526. The van der Waals surface area contributed by atoms with Crippen molar-refractivity contribution in [3.8, 4) is 0 Å². The fraction of sp³-hybridized carbons (Fsp3) is 1.00. The van der Waals surface area contributed by atoms with E-state index in [-0.39, 0.29) is 6.10 Å². The molecule has 0 saturated heterocycles. The van der Waals surface area contributed by atoms with Crippen LogP contribution in [0, 0.1) is 5.92 Å². The van der Waals surface area contributed by atoms with Crippen LogP contribution < -0.4 is 5.32 Å². The number of nitrogens with one attached hydrogen (secondary N) is 1. The molecule has 0 radical (unpaired) electrons. The smallest absolute Gasteiger partial charge is 0.0555 e. The average Bonchev–Trinajstić information content (AvgIpc) is 2.14. The molecule has 1 aliphatic carbocycles. The summed E-state index contributed by atoms with van der Waals surface area (Å²) in [6.07, 6.45) is 5.57. The van der Waals surface area contributed by atoms with Crippen molar-refractivity contribution in [2.24, 2.45) is 5.92 Å². The molecule has 1 rings (SSSR count). The van der Waals surface area contributed by atoms with Crippen LogP contribution >= 0.6 is 0 Å². The van der Waals surface area contributed by atoms with Gasteiger partial charge in [-0.1, -0.05) is 20.3 Å². The van der Waals surface area contributed by atoms with E-state index in [0.29, 0.717) is 6.04 Å². The molecule has 13 heavy (non-hydrogen) atoms. The highest BCUT2D eigenvalue weighted by Crippen LogP contribution is 2.18. The molecule has 3 atom stereocenters. The zero-order valence-electron chi connectivity index (χ0n) is 8.92.